The second kappa shape index (κ2) is 25.7. The molecular formula is C107H100B2N4. The molecule has 0 saturated carbocycles. The van der Waals surface area contributed by atoms with Gasteiger partial charge in [0.1, 0.15) is 0 Å². The van der Waals surface area contributed by atoms with Crippen molar-refractivity contribution in [3.63, 3.8) is 0 Å². The molecule has 4 aliphatic heterocycles. The van der Waals surface area contributed by atoms with Crippen LogP contribution in [0.4, 0.5) is 68.2 Å². The van der Waals surface area contributed by atoms with Gasteiger partial charge in [-0.25, -0.2) is 0 Å². The van der Waals surface area contributed by atoms with Crippen molar-refractivity contribution in [1.82, 2.24) is 0 Å². The van der Waals surface area contributed by atoms with Crippen LogP contribution in [0, 0.1) is 0 Å². The van der Waals surface area contributed by atoms with Crippen molar-refractivity contribution >= 4 is 114 Å². The summed E-state index contributed by atoms with van der Waals surface area (Å²) in [5.41, 5.74) is 41.8. The lowest BCUT2D eigenvalue weighted by Crippen LogP contribution is -2.65. The SMILES string of the molecule is CC(C)(C)c1cc(-c2cc3c4c(c2)N(c2c(-c5ccccc5)cc(C(C)(C)C)cc2-c2ccccc2)c2ccccc2B4c2cc4c(cc2N3c2cc(C(C)(C)C)cc(C(C)(C)C)c2)N(c2ccccc2)c2cc(-c3cccc5c3C(C)(C)c3ccccc3-5)cc3c2B4c2ccccc2N3c2ccccc2)cc(C(C)(C)C)c1. The van der Waals surface area contributed by atoms with Crippen LogP contribution < -0.4 is 52.4 Å². The highest BCUT2D eigenvalue weighted by molar-refractivity contribution is 7.03. The maximum absolute atomic E-state index is 2.75. The Bertz CT molecular complexity index is 6070. The van der Waals surface area contributed by atoms with E-state index in [1.54, 1.807) is 0 Å². The van der Waals surface area contributed by atoms with Crippen molar-refractivity contribution in [1.29, 1.82) is 0 Å². The average molecular weight is 1460 g/mol. The van der Waals surface area contributed by atoms with Crippen molar-refractivity contribution < 1.29 is 0 Å². The molecule has 554 valence electrons. The minimum Gasteiger partial charge on any atom is -0.311 e. The Labute approximate surface area is 671 Å². The third-order valence-electron chi connectivity index (χ3n) is 25.3. The van der Waals surface area contributed by atoms with Crippen molar-refractivity contribution in [3.05, 3.63) is 336 Å². The zero-order valence-electron chi connectivity index (χ0n) is 68.7. The van der Waals surface area contributed by atoms with E-state index in [1.807, 2.05) is 0 Å². The Hall–Kier alpha value is -11.6. The van der Waals surface area contributed by atoms with Crippen LogP contribution in [-0.4, -0.2) is 13.4 Å². The fraction of sp³-hybridized carbons (Fsp3) is 0.215. The fourth-order valence-corrected chi connectivity index (χ4v) is 19.3. The summed E-state index contributed by atoms with van der Waals surface area (Å²) >= 11 is 0. The Kier molecular flexibility index (Phi) is 16.3. The first-order valence-electron chi connectivity index (χ1n) is 40.9. The molecule has 4 heterocycles. The molecule has 19 rings (SSSR count). The van der Waals surface area contributed by atoms with Crippen molar-refractivity contribution in [2.75, 3.05) is 19.6 Å². The summed E-state index contributed by atoms with van der Waals surface area (Å²) in [4.78, 5) is 10.7. The van der Waals surface area contributed by atoms with Gasteiger partial charge >= 0.3 is 0 Å². The highest BCUT2D eigenvalue weighted by Gasteiger charge is 2.50. The van der Waals surface area contributed by atoms with E-state index in [1.165, 1.54) is 156 Å². The third kappa shape index (κ3) is 11.6. The minimum atomic E-state index is -0.268. The van der Waals surface area contributed by atoms with Gasteiger partial charge in [0.25, 0.3) is 13.4 Å². The van der Waals surface area contributed by atoms with E-state index in [2.05, 4.69) is 435 Å². The summed E-state index contributed by atoms with van der Waals surface area (Å²) < 4.78 is 0. The first-order valence-corrected chi connectivity index (χ1v) is 40.9. The van der Waals surface area contributed by atoms with Gasteiger partial charge in [-0.1, -0.05) is 324 Å². The summed E-state index contributed by atoms with van der Waals surface area (Å²) in [7, 11) is 0. The maximum atomic E-state index is 2.75. The molecule has 14 aromatic carbocycles. The van der Waals surface area contributed by atoms with E-state index in [-0.39, 0.29) is 45.9 Å². The lowest BCUT2D eigenvalue weighted by Gasteiger charge is -2.48. The van der Waals surface area contributed by atoms with Gasteiger partial charge in [0.15, 0.2) is 0 Å². The van der Waals surface area contributed by atoms with Crippen LogP contribution in [-0.2, 0) is 32.5 Å². The van der Waals surface area contributed by atoms with Gasteiger partial charge in [-0.15, -0.1) is 0 Å². The molecule has 0 radical (unpaired) electrons. The first-order chi connectivity index (χ1) is 54.0. The second-order valence-corrected chi connectivity index (χ2v) is 38.2. The maximum Gasteiger partial charge on any atom is 0.252 e. The molecule has 6 heteroatoms. The van der Waals surface area contributed by atoms with Crippen molar-refractivity contribution in [2.24, 2.45) is 0 Å². The number of hydrogen-bond donors (Lipinski definition) is 0. The molecule has 113 heavy (non-hydrogen) atoms. The normalized spacial score (nSPS) is 14.4. The summed E-state index contributed by atoms with van der Waals surface area (Å²) in [5.74, 6) is 0. The Morgan fingerprint density at radius 1 is 0.230 bits per heavy atom. The summed E-state index contributed by atoms with van der Waals surface area (Å²) in [6.45, 7) is 40.1. The zero-order chi connectivity index (χ0) is 78.3. The smallest absolute Gasteiger partial charge is 0.252 e. The van der Waals surface area contributed by atoms with Crippen LogP contribution in [0.15, 0.2) is 297 Å². The summed E-state index contributed by atoms with van der Waals surface area (Å²) in [6, 6.07) is 116. The molecule has 0 N–H and O–H groups in total. The Balaban J connectivity index is 0.981. The molecule has 0 saturated heterocycles. The highest BCUT2D eigenvalue weighted by atomic mass is 15.2. The molecule has 0 aromatic heterocycles. The second-order valence-electron chi connectivity index (χ2n) is 38.2. The number of nitrogens with zero attached hydrogens (tertiary/aromatic N) is 4. The van der Waals surface area contributed by atoms with Crippen LogP contribution in [0.3, 0.4) is 0 Å². The molecule has 0 unspecified atom stereocenters. The van der Waals surface area contributed by atoms with Gasteiger partial charge < -0.3 is 19.6 Å². The average Bonchev–Trinajstić information content (AvgIpc) is 1.06. The lowest BCUT2D eigenvalue weighted by molar-refractivity contribution is 0.568. The van der Waals surface area contributed by atoms with Crippen LogP contribution in [0.2, 0.25) is 0 Å². The Morgan fingerprint density at radius 2 is 0.584 bits per heavy atom. The minimum absolute atomic E-state index is 0.146. The van der Waals surface area contributed by atoms with Gasteiger partial charge in [-0.3, -0.25) is 0 Å². The number of rotatable bonds is 8. The molecule has 0 bridgehead atoms. The zero-order valence-corrected chi connectivity index (χ0v) is 68.7. The monoisotopic (exact) mass is 1460 g/mol. The first kappa shape index (κ1) is 71.7. The molecule has 4 nitrogen and oxygen atoms in total. The van der Waals surface area contributed by atoms with E-state index in [9.17, 15) is 0 Å². The standard InChI is InChI=1S/C107H100B2N4/c1-102(2,3)72-53-69(54-73(59-72)103(4,5)6)70-55-94-100-97(56-70)113(101-83(67-37-22-18-23-38-67)63-76(106(13,14)15)64-84(101)68-39-24-19-25-40-68)91-52-35-33-50-87(91)109(100)89-65-88-92(66-93(89)112(94)79-61-74(104(7,8)9)60-75(62-79)105(10,11)12)111(78-43-28-21-29-44-78)96-58-71(80-46-36-47-82-81-45-30-31-48-85(81)107(16,17)98(80)82)57-95-99(96)108(88)86-49-32-34-51-90(86)110(95)77-41-26-20-27-42-77/h18-66H,1-17H3. The van der Waals surface area contributed by atoms with E-state index in [4.69, 9.17) is 0 Å². The van der Waals surface area contributed by atoms with Crippen LogP contribution in [0.25, 0.3) is 55.6 Å². The predicted molar refractivity (Wildman–Crippen MR) is 487 cm³/mol. The molecule has 14 aromatic rings. The van der Waals surface area contributed by atoms with Crippen LogP contribution >= 0.6 is 0 Å². The number of para-hydroxylation sites is 4. The van der Waals surface area contributed by atoms with Crippen LogP contribution in [0.1, 0.15) is 157 Å². The predicted octanol–water partition coefficient (Wildman–Crippen LogP) is 25.3. The van der Waals surface area contributed by atoms with E-state index in [0.29, 0.717) is 0 Å². The van der Waals surface area contributed by atoms with Gasteiger partial charge in [0, 0.05) is 79.1 Å². The van der Waals surface area contributed by atoms with E-state index in [0.717, 1.165) is 39.8 Å². The molecule has 0 atom stereocenters. The van der Waals surface area contributed by atoms with E-state index < -0.39 is 0 Å². The van der Waals surface area contributed by atoms with Crippen molar-refractivity contribution in [2.45, 2.75) is 150 Å². The molecular weight excluding hydrogens is 1360 g/mol. The number of benzene rings is 14. The molecule has 0 fully saturated rings. The van der Waals surface area contributed by atoms with Gasteiger partial charge in [0.05, 0.1) is 5.69 Å². The molecule has 1 aliphatic carbocycles. The molecule has 5 aliphatic rings. The quantitative estimate of drug-likeness (QED) is 0.141. The topological polar surface area (TPSA) is 13.0 Å². The number of hydrogen-bond acceptors (Lipinski definition) is 4. The summed E-state index contributed by atoms with van der Waals surface area (Å²) in [5, 5.41) is 0. The largest absolute Gasteiger partial charge is 0.311 e. The van der Waals surface area contributed by atoms with E-state index >= 15 is 0 Å². The Morgan fingerprint density at radius 3 is 1.06 bits per heavy atom. The third-order valence-corrected chi connectivity index (χ3v) is 25.3. The van der Waals surface area contributed by atoms with Gasteiger partial charge in [-0.2, -0.15) is 0 Å². The molecule has 0 spiro atoms. The molecule has 0 amide bonds. The lowest BCUT2D eigenvalue weighted by atomic mass is 9.30. The van der Waals surface area contributed by atoms with Gasteiger partial charge in [-0.05, 0) is 234 Å². The fourth-order valence-electron chi connectivity index (χ4n) is 19.3. The highest BCUT2D eigenvalue weighted by Crippen LogP contribution is 2.57. The number of anilines is 12. The summed E-state index contributed by atoms with van der Waals surface area (Å²) in [6.07, 6.45) is 0. The van der Waals surface area contributed by atoms with Crippen LogP contribution in [0.5, 0.6) is 0 Å². The number of fused-ring (bicyclic) bond motifs is 11. The van der Waals surface area contributed by atoms with Crippen molar-refractivity contribution in [3.8, 4) is 55.6 Å². The van der Waals surface area contributed by atoms with Gasteiger partial charge in [0.2, 0.25) is 0 Å².